The normalized spacial score (nSPS) is 12.4. The number of nitrogens with two attached hydrogens (primary N) is 1. The first-order valence-corrected chi connectivity index (χ1v) is 3.37. The van der Waals surface area contributed by atoms with Crippen molar-refractivity contribution in [2.24, 2.45) is 5.73 Å². The Hall–Kier alpha value is -0.840. The molecule has 1 atom stereocenters. The largest absolute Gasteiger partial charge is 0.447 e. The summed E-state index contributed by atoms with van der Waals surface area (Å²) < 4.78 is 11.2. The van der Waals surface area contributed by atoms with Crippen molar-refractivity contribution in [1.29, 1.82) is 0 Å². The summed E-state index contributed by atoms with van der Waals surface area (Å²) in [7, 11) is 1.45. The van der Waals surface area contributed by atoms with Crippen molar-refractivity contribution in [2.45, 2.75) is 19.4 Å². The first-order chi connectivity index (χ1) is 5.07. The lowest BCUT2D eigenvalue weighted by atomic mass is 10.2. The Kier molecular flexibility index (Phi) is 4.52. The van der Waals surface area contributed by atoms with E-state index in [1.54, 1.807) is 0 Å². The van der Waals surface area contributed by atoms with E-state index in [9.17, 15) is 9.32 Å². The zero-order chi connectivity index (χ0) is 8.85. The molecule has 0 aliphatic heterocycles. The van der Waals surface area contributed by atoms with Crippen molar-refractivity contribution >= 4 is 6.09 Å². The number of hydrogen-bond donors (Lipinski definition) is 1. The lowest BCUT2D eigenvalue weighted by Crippen LogP contribution is -2.30. The van der Waals surface area contributed by atoms with Gasteiger partial charge in [-0.05, 0) is 13.3 Å². The predicted octanol–water partition coefficient (Wildman–Crippen LogP) is 0.677. The predicted molar refractivity (Wildman–Crippen MR) is 38.5 cm³/mol. The molecule has 0 aromatic heterocycles. The zero-order valence-electron chi connectivity index (χ0n) is 6.71. The second kappa shape index (κ2) is 4.90. The van der Waals surface area contributed by atoms with E-state index in [0.717, 1.165) is 4.90 Å². The summed E-state index contributed by atoms with van der Waals surface area (Å²) >= 11 is 0. The molecule has 1 amide bonds. The second-order valence-corrected chi connectivity index (χ2v) is 2.53. The number of halogens is 1. The van der Waals surface area contributed by atoms with Crippen LogP contribution in [0.5, 0.6) is 0 Å². The van der Waals surface area contributed by atoms with Gasteiger partial charge in [-0.15, -0.1) is 0 Å². The van der Waals surface area contributed by atoms with Crippen LogP contribution in [0.4, 0.5) is 9.32 Å². The number of hydrogen-bond acceptors (Lipinski definition) is 3. The summed E-state index contributed by atoms with van der Waals surface area (Å²) in [5.41, 5.74) is 5.41. The molecule has 5 heteroatoms. The van der Waals surface area contributed by atoms with Gasteiger partial charge in [0.1, 0.15) is 0 Å². The molecule has 0 rings (SSSR count). The maximum atomic E-state index is 11.2. The van der Waals surface area contributed by atoms with Crippen molar-refractivity contribution in [1.82, 2.24) is 4.90 Å². The van der Waals surface area contributed by atoms with Gasteiger partial charge in [0.15, 0.2) is 0 Å². The van der Waals surface area contributed by atoms with Gasteiger partial charge in [0.05, 0.1) is 0 Å². The second-order valence-electron chi connectivity index (χ2n) is 2.53. The van der Waals surface area contributed by atoms with E-state index in [0.29, 0.717) is 13.0 Å². The van der Waals surface area contributed by atoms with Crippen LogP contribution in [0.25, 0.3) is 0 Å². The van der Waals surface area contributed by atoms with Crippen LogP contribution >= 0.6 is 0 Å². The van der Waals surface area contributed by atoms with Gasteiger partial charge in [-0.25, -0.2) is 9.74 Å². The van der Waals surface area contributed by atoms with E-state index in [1.165, 1.54) is 7.05 Å². The first kappa shape index (κ1) is 10.2. The lowest BCUT2D eigenvalue weighted by molar-refractivity contribution is -0.0771. The minimum absolute atomic E-state index is 0.00450. The highest BCUT2D eigenvalue weighted by atomic mass is 19.3. The molecule has 0 fully saturated rings. The fraction of sp³-hybridized carbons (Fsp3) is 0.833. The Morgan fingerprint density at radius 3 is 2.73 bits per heavy atom. The molecular formula is C6H13FN2O2. The summed E-state index contributed by atoms with van der Waals surface area (Å²) in [6.07, 6.45) is -0.350. The van der Waals surface area contributed by atoms with Crippen LogP contribution in [0.15, 0.2) is 0 Å². The van der Waals surface area contributed by atoms with Crippen molar-refractivity contribution < 1.29 is 14.3 Å². The van der Waals surface area contributed by atoms with Gasteiger partial charge in [-0.3, -0.25) is 0 Å². The van der Waals surface area contributed by atoms with Crippen molar-refractivity contribution in [2.75, 3.05) is 13.6 Å². The zero-order valence-corrected chi connectivity index (χ0v) is 6.71. The van der Waals surface area contributed by atoms with Crippen molar-refractivity contribution in [3.8, 4) is 0 Å². The maximum Gasteiger partial charge on any atom is 0.447 e. The van der Waals surface area contributed by atoms with E-state index in [1.807, 2.05) is 6.92 Å². The highest BCUT2D eigenvalue weighted by Gasteiger charge is 2.09. The Balaban J connectivity index is 3.52. The number of amides is 1. The lowest BCUT2D eigenvalue weighted by Gasteiger charge is -2.14. The number of carbonyl (C=O) groups excluding carboxylic acids is 1. The van der Waals surface area contributed by atoms with Gasteiger partial charge < -0.3 is 10.6 Å². The SMILES string of the molecule is CC(N)CCN(C)C(=O)OF. The van der Waals surface area contributed by atoms with E-state index in [4.69, 9.17) is 5.73 Å². The molecule has 0 spiro atoms. The summed E-state index contributed by atoms with van der Waals surface area (Å²) in [6.45, 7) is 2.22. The molecule has 0 heterocycles. The highest BCUT2D eigenvalue weighted by molar-refractivity contribution is 5.66. The number of rotatable bonds is 3. The molecule has 11 heavy (non-hydrogen) atoms. The van der Waals surface area contributed by atoms with Crippen LogP contribution in [-0.2, 0) is 4.94 Å². The molecule has 1 unspecified atom stereocenters. The minimum atomic E-state index is -0.981. The van der Waals surface area contributed by atoms with Gasteiger partial charge in [0.25, 0.3) is 0 Å². The Labute approximate surface area is 65.0 Å². The van der Waals surface area contributed by atoms with Crippen molar-refractivity contribution in [3.63, 3.8) is 0 Å². The summed E-state index contributed by atoms with van der Waals surface area (Å²) in [4.78, 5) is 14.5. The average Bonchev–Trinajstić information content (AvgIpc) is 1.98. The standard InChI is InChI=1S/C6H13FN2O2/c1-5(8)3-4-9(2)6(10)11-7/h5H,3-4,8H2,1-2H3. The molecule has 66 valence electrons. The summed E-state index contributed by atoms with van der Waals surface area (Å²) in [5.74, 6) is 0. The minimum Gasteiger partial charge on any atom is -0.328 e. The average molecular weight is 164 g/mol. The van der Waals surface area contributed by atoms with Gasteiger partial charge in [-0.1, -0.05) is 0 Å². The third-order valence-electron chi connectivity index (χ3n) is 1.30. The fourth-order valence-corrected chi connectivity index (χ4v) is 0.547. The molecule has 0 aliphatic carbocycles. The van der Waals surface area contributed by atoms with E-state index in [-0.39, 0.29) is 6.04 Å². The van der Waals surface area contributed by atoms with Crippen LogP contribution in [-0.4, -0.2) is 30.6 Å². The van der Waals surface area contributed by atoms with Gasteiger partial charge in [-0.2, -0.15) is 0 Å². The van der Waals surface area contributed by atoms with E-state index in [2.05, 4.69) is 4.94 Å². The molecule has 0 aromatic carbocycles. The quantitative estimate of drug-likeness (QED) is 0.667. The summed E-state index contributed by atoms with van der Waals surface area (Å²) in [5, 5.41) is 0. The topological polar surface area (TPSA) is 55.6 Å². The van der Waals surface area contributed by atoms with Crippen molar-refractivity contribution in [3.05, 3.63) is 0 Å². The fourth-order valence-electron chi connectivity index (χ4n) is 0.547. The van der Waals surface area contributed by atoms with Gasteiger partial charge in [0.2, 0.25) is 0 Å². The molecule has 0 saturated carbocycles. The first-order valence-electron chi connectivity index (χ1n) is 3.37. The van der Waals surface area contributed by atoms with Gasteiger partial charge in [0, 0.05) is 24.2 Å². The number of carbonyl (C=O) groups is 1. The third kappa shape index (κ3) is 4.55. The maximum absolute atomic E-state index is 11.2. The smallest absolute Gasteiger partial charge is 0.328 e. The van der Waals surface area contributed by atoms with Crippen LogP contribution < -0.4 is 5.73 Å². The van der Waals surface area contributed by atoms with Gasteiger partial charge >= 0.3 is 6.09 Å². The van der Waals surface area contributed by atoms with E-state index >= 15 is 0 Å². The van der Waals surface area contributed by atoms with Crippen LogP contribution in [0, 0.1) is 0 Å². The molecule has 0 aliphatic rings. The summed E-state index contributed by atoms with van der Waals surface area (Å²) in [6, 6.07) is 0.00450. The molecule has 0 saturated heterocycles. The molecule has 0 radical (unpaired) electrons. The number of nitrogens with zero attached hydrogens (tertiary/aromatic N) is 1. The molecule has 0 aromatic rings. The molecular weight excluding hydrogens is 151 g/mol. The Morgan fingerprint density at radius 2 is 2.36 bits per heavy atom. The molecule has 0 bridgehead atoms. The van der Waals surface area contributed by atoms with Crippen LogP contribution in [0.2, 0.25) is 0 Å². The Morgan fingerprint density at radius 1 is 1.82 bits per heavy atom. The van der Waals surface area contributed by atoms with Crippen LogP contribution in [0.3, 0.4) is 0 Å². The Bertz CT molecular complexity index is 130. The third-order valence-corrected chi connectivity index (χ3v) is 1.30. The monoisotopic (exact) mass is 164 g/mol. The van der Waals surface area contributed by atoms with E-state index < -0.39 is 6.09 Å². The molecule has 2 N–H and O–H groups in total. The highest BCUT2D eigenvalue weighted by Crippen LogP contribution is 1.94. The van der Waals surface area contributed by atoms with Crippen LogP contribution in [0.1, 0.15) is 13.3 Å². The molecule has 4 nitrogen and oxygen atoms in total.